The summed E-state index contributed by atoms with van der Waals surface area (Å²) in [6, 6.07) is 8.24. The molecule has 0 aliphatic carbocycles. The zero-order chi connectivity index (χ0) is 19.2. The molecule has 8 heteroatoms. The maximum atomic E-state index is 5.34. The Balaban J connectivity index is 0.00000280. The van der Waals surface area contributed by atoms with E-state index in [1.165, 1.54) is 11.3 Å². The number of hydrogen-bond acceptors (Lipinski definition) is 5. The third-order valence-electron chi connectivity index (χ3n) is 5.05. The lowest BCUT2D eigenvalue weighted by atomic mass is 10.1. The molecule has 2 aromatic rings. The number of methoxy groups -OCH3 is 1. The Morgan fingerprint density at radius 3 is 2.61 bits per heavy atom. The third kappa shape index (κ3) is 5.30. The quantitative estimate of drug-likeness (QED) is 0.388. The number of aryl methyl sites for hydroxylation is 2. The van der Waals surface area contributed by atoms with Crippen LogP contribution in [0.1, 0.15) is 17.0 Å². The number of nitrogens with zero attached hydrogens (tertiary/aromatic N) is 4. The molecule has 1 saturated heterocycles. The van der Waals surface area contributed by atoms with Gasteiger partial charge in [0.05, 0.1) is 12.8 Å². The van der Waals surface area contributed by atoms with Crippen molar-refractivity contribution in [3.8, 4) is 5.75 Å². The summed E-state index contributed by atoms with van der Waals surface area (Å²) in [6.45, 7) is 8.53. The topological polar surface area (TPSA) is 66.1 Å². The zero-order valence-electron chi connectivity index (χ0n) is 17.1. The SMILES string of the molecule is CN=C(NCCc1c(C)noc1C)N1CCN(c2cccc(OC)c2)CC1.I. The molecule has 0 atom stereocenters. The van der Waals surface area contributed by atoms with Crippen LogP contribution in [0.2, 0.25) is 0 Å². The molecular formula is C20H30IN5O2. The predicted octanol–water partition coefficient (Wildman–Crippen LogP) is 2.86. The van der Waals surface area contributed by atoms with Gasteiger partial charge in [-0.15, -0.1) is 24.0 Å². The van der Waals surface area contributed by atoms with E-state index in [9.17, 15) is 0 Å². The molecule has 7 nitrogen and oxygen atoms in total. The molecule has 28 heavy (non-hydrogen) atoms. The highest BCUT2D eigenvalue weighted by atomic mass is 127. The monoisotopic (exact) mass is 499 g/mol. The van der Waals surface area contributed by atoms with Crippen molar-refractivity contribution in [2.24, 2.45) is 4.99 Å². The summed E-state index contributed by atoms with van der Waals surface area (Å²) in [5, 5.41) is 7.49. The van der Waals surface area contributed by atoms with Gasteiger partial charge < -0.3 is 24.4 Å². The predicted molar refractivity (Wildman–Crippen MR) is 123 cm³/mol. The summed E-state index contributed by atoms with van der Waals surface area (Å²) in [5.74, 6) is 2.75. The maximum absolute atomic E-state index is 5.34. The average Bonchev–Trinajstić information content (AvgIpc) is 3.03. The van der Waals surface area contributed by atoms with E-state index in [1.807, 2.05) is 33.0 Å². The van der Waals surface area contributed by atoms with Gasteiger partial charge in [0.2, 0.25) is 0 Å². The van der Waals surface area contributed by atoms with Crippen LogP contribution >= 0.6 is 24.0 Å². The number of nitrogens with one attached hydrogen (secondary N) is 1. The van der Waals surface area contributed by atoms with E-state index in [1.54, 1.807) is 7.11 Å². The number of benzene rings is 1. The fourth-order valence-corrected chi connectivity index (χ4v) is 3.47. The van der Waals surface area contributed by atoms with Gasteiger partial charge in [0, 0.05) is 57.1 Å². The lowest BCUT2D eigenvalue weighted by molar-refractivity contribution is 0.372. The maximum Gasteiger partial charge on any atom is 0.193 e. The van der Waals surface area contributed by atoms with Gasteiger partial charge in [-0.1, -0.05) is 11.2 Å². The smallest absolute Gasteiger partial charge is 0.193 e. The van der Waals surface area contributed by atoms with Crippen LogP contribution < -0.4 is 15.0 Å². The van der Waals surface area contributed by atoms with Crippen molar-refractivity contribution in [3.05, 3.63) is 41.3 Å². The molecule has 0 radical (unpaired) electrons. The van der Waals surface area contributed by atoms with Crippen LogP contribution in [0.3, 0.4) is 0 Å². The third-order valence-corrected chi connectivity index (χ3v) is 5.05. The molecule has 2 heterocycles. The number of rotatable bonds is 5. The average molecular weight is 499 g/mol. The van der Waals surface area contributed by atoms with Crippen LogP contribution in [0.4, 0.5) is 5.69 Å². The Bertz CT molecular complexity index is 765. The van der Waals surface area contributed by atoms with Gasteiger partial charge in [-0.3, -0.25) is 4.99 Å². The number of guanidine groups is 1. The molecule has 154 valence electrons. The fraction of sp³-hybridized carbons (Fsp3) is 0.500. The van der Waals surface area contributed by atoms with E-state index in [0.29, 0.717) is 0 Å². The van der Waals surface area contributed by atoms with Gasteiger partial charge in [-0.2, -0.15) is 0 Å². The van der Waals surface area contributed by atoms with Crippen molar-refractivity contribution in [1.29, 1.82) is 0 Å². The van der Waals surface area contributed by atoms with E-state index >= 15 is 0 Å². The molecule has 3 rings (SSSR count). The molecule has 1 aliphatic rings. The van der Waals surface area contributed by atoms with Crippen LogP contribution in [-0.4, -0.2) is 62.9 Å². The highest BCUT2D eigenvalue weighted by molar-refractivity contribution is 14.0. The van der Waals surface area contributed by atoms with Gasteiger partial charge >= 0.3 is 0 Å². The number of anilines is 1. The minimum atomic E-state index is 0. The molecule has 0 unspecified atom stereocenters. The van der Waals surface area contributed by atoms with Crippen LogP contribution in [0.5, 0.6) is 5.75 Å². The summed E-state index contributed by atoms with van der Waals surface area (Å²) < 4.78 is 10.6. The summed E-state index contributed by atoms with van der Waals surface area (Å²) in [5.41, 5.74) is 3.35. The normalized spacial score (nSPS) is 14.6. The van der Waals surface area contributed by atoms with Gasteiger partial charge in [-0.05, 0) is 32.4 Å². The second kappa shape index (κ2) is 10.5. The first-order chi connectivity index (χ1) is 13.1. The summed E-state index contributed by atoms with van der Waals surface area (Å²) in [6.07, 6.45) is 0.879. The van der Waals surface area contributed by atoms with Crippen molar-refractivity contribution in [1.82, 2.24) is 15.4 Å². The Hall–Kier alpha value is -1.97. The molecule has 0 amide bonds. The summed E-state index contributed by atoms with van der Waals surface area (Å²) >= 11 is 0. The lowest BCUT2D eigenvalue weighted by Gasteiger charge is -2.37. The van der Waals surface area contributed by atoms with E-state index < -0.39 is 0 Å². The van der Waals surface area contributed by atoms with Crippen LogP contribution in [0.15, 0.2) is 33.8 Å². The van der Waals surface area contributed by atoms with Crippen molar-refractivity contribution in [2.75, 3.05) is 51.8 Å². The van der Waals surface area contributed by atoms with Crippen molar-refractivity contribution in [2.45, 2.75) is 20.3 Å². The second-order valence-corrected chi connectivity index (χ2v) is 6.70. The Labute approximate surface area is 184 Å². The van der Waals surface area contributed by atoms with Gasteiger partial charge in [0.15, 0.2) is 5.96 Å². The first kappa shape index (κ1) is 22.3. The standard InChI is InChI=1S/C20H29N5O2.HI/c1-15-19(16(2)27-23-15)8-9-22-20(21-3)25-12-10-24(11-13-25)17-6-5-7-18(14-17)26-4;/h5-7,14H,8-13H2,1-4H3,(H,21,22);1H. The van der Waals surface area contributed by atoms with Crippen LogP contribution in [0.25, 0.3) is 0 Å². The van der Waals surface area contributed by atoms with E-state index in [-0.39, 0.29) is 24.0 Å². The van der Waals surface area contributed by atoms with Gasteiger partial charge in [0.1, 0.15) is 11.5 Å². The molecule has 0 spiro atoms. The highest BCUT2D eigenvalue weighted by Crippen LogP contribution is 2.22. The molecule has 1 aromatic carbocycles. The molecule has 1 N–H and O–H groups in total. The number of hydrogen-bond donors (Lipinski definition) is 1. The first-order valence-corrected chi connectivity index (χ1v) is 9.38. The molecule has 1 aliphatic heterocycles. The Morgan fingerprint density at radius 1 is 1.25 bits per heavy atom. The molecule has 1 fully saturated rings. The van der Waals surface area contributed by atoms with Crippen LogP contribution in [-0.2, 0) is 6.42 Å². The van der Waals surface area contributed by atoms with Gasteiger partial charge in [-0.25, -0.2) is 0 Å². The van der Waals surface area contributed by atoms with E-state index in [0.717, 1.165) is 62.3 Å². The number of ether oxygens (including phenoxy) is 1. The van der Waals surface area contributed by atoms with Crippen molar-refractivity contribution >= 4 is 35.6 Å². The number of halogens is 1. The first-order valence-electron chi connectivity index (χ1n) is 9.38. The zero-order valence-corrected chi connectivity index (χ0v) is 19.4. The number of piperazine rings is 1. The largest absolute Gasteiger partial charge is 0.497 e. The lowest BCUT2D eigenvalue weighted by Crippen LogP contribution is -2.52. The van der Waals surface area contributed by atoms with Crippen molar-refractivity contribution < 1.29 is 9.26 Å². The Morgan fingerprint density at radius 2 is 2.00 bits per heavy atom. The Kier molecular flexibility index (Phi) is 8.40. The summed E-state index contributed by atoms with van der Waals surface area (Å²) in [7, 11) is 3.54. The number of aromatic nitrogens is 1. The highest BCUT2D eigenvalue weighted by Gasteiger charge is 2.20. The molecule has 0 bridgehead atoms. The van der Waals surface area contributed by atoms with E-state index in [4.69, 9.17) is 9.26 Å². The molecule has 1 aromatic heterocycles. The van der Waals surface area contributed by atoms with Gasteiger partial charge in [0.25, 0.3) is 0 Å². The number of aliphatic imine (C=N–C) groups is 1. The van der Waals surface area contributed by atoms with Crippen LogP contribution in [0, 0.1) is 13.8 Å². The van der Waals surface area contributed by atoms with E-state index in [2.05, 4.69) is 37.4 Å². The minimum Gasteiger partial charge on any atom is -0.497 e. The minimum absolute atomic E-state index is 0. The molecular weight excluding hydrogens is 469 g/mol. The fourth-order valence-electron chi connectivity index (χ4n) is 3.47. The molecule has 0 saturated carbocycles. The second-order valence-electron chi connectivity index (χ2n) is 6.70. The summed E-state index contributed by atoms with van der Waals surface area (Å²) in [4.78, 5) is 9.15. The van der Waals surface area contributed by atoms with Crippen molar-refractivity contribution in [3.63, 3.8) is 0 Å².